The van der Waals surface area contributed by atoms with E-state index >= 15 is 0 Å². The Morgan fingerprint density at radius 3 is 2.72 bits per heavy atom. The van der Waals surface area contributed by atoms with Gasteiger partial charge in [0, 0.05) is 25.8 Å². The lowest BCUT2D eigenvalue weighted by Gasteiger charge is -2.38. The van der Waals surface area contributed by atoms with Crippen LogP contribution in [0.4, 0.5) is 0 Å². The molecule has 2 fully saturated rings. The average Bonchev–Trinajstić information content (AvgIpc) is 2.33. The second-order valence-electron chi connectivity index (χ2n) is 5.88. The number of hydrogen-bond donors (Lipinski definition) is 2. The number of nitrogens with two attached hydrogens (primary N) is 1. The smallest absolute Gasteiger partial charge is 0.240 e. The molecule has 5 heteroatoms. The fourth-order valence-corrected chi connectivity index (χ4v) is 2.84. The standard InChI is InChI=1S/C13H25N3O2/c1-10-9-16(2)6-3-11(10)15-12(17)13(14)4-7-18-8-5-13/h10-11H,3-9,14H2,1-2H3,(H,15,17). The summed E-state index contributed by atoms with van der Waals surface area (Å²) in [4.78, 5) is 14.6. The molecule has 2 unspecified atom stereocenters. The third-order valence-corrected chi connectivity index (χ3v) is 4.26. The van der Waals surface area contributed by atoms with Gasteiger partial charge in [-0.1, -0.05) is 6.92 Å². The number of hydrogen-bond acceptors (Lipinski definition) is 4. The van der Waals surface area contributed by atoms with Crippen LogP contribution < -0.4 is 11.1 Å². The molecule has 2 rings (SSSR count). The summed E-state index contributed by atoms with van der Waals surface area (Å²) in [6, 6.07) is 0.261. The minimum Gasteiger partial charge on any atom is -0.381 e. The van der Waals surface area contributed by atoms with E-state index in [1.807, 2.05) is 0 Å². The van der Waals surface area contributed by atoms with Crippen molar-refractivity contribution in [2.75, 3.05) is 33.4 Å². The zero-order chi connectivity index (χ0) is 13.2. The van der Waals surface area contributed by atoms with Crippen molar-refractivity contribution in [2.45, 2.75) is 37.8 Å². The van der Waals surface area contributed by atoms with Crippen molar-refractivity contribution in [2.24, 2.45) is 11.7 Å². The number of nitrogens with zero attached hydrogens (tertiary/aromatic N) is 1. The Labute approximate surface area is 109 Å². The van der Waals surface area contributed by atoms with Gasteiger partial charge in [-0.3, -0.25) is 4.79 Å². The van der Waals surface area contributed by atoms with Crippen LogP contribution in [0.25, 0.3) is 0 Å². The lowest BCUT2D eigenvalue weighted by atomic mass is 9.88. The Morgan fingerprint density at radius 1 is 1.44 bits per heavy atom. The first kappa shape index (κ1) is 13.8. The van der Waals surface area contributed by atoms with Gasteiger partial charge in [0.05, 0.1) is 5.54 Å². The van der Waals surface area contributed by atoms with Gasteiger partial charge < -0.3 is 20.7 Å². The molecule has 0 aromatic rings. The molecule has 0 aromatic heterocycles. The molecular weight excluding hydrogens is 230 g/mol. The van der Waals surface area contributed by atoms with E-state index < -0.39 is 5.54 Å². The Hall–Kier alpha value is -0.650. The van der Waals surface area contributed by atoms with Gasteiger partial charge in [0.2, 0.25) is 5.91 Å². The van der Waals surface area contributed by atoms with E-state index in [4.69, 9.17) is 10.5 Å². The molecule has 1 amide bonds. The van der Waals surface area contributed by atoms with Crippen molar-refractivity contribution in [3.63, 3.8) is 0 Å². The molecule has 0 radical (unpaired) electrons. The van der Waals surface area contributed by atoms with Crippen LogP contribution in [0, 0.1) is 5.92 Å². The van der Waals surface area contributed by atoms with E-state index in [1.54, 1.807) is 0 Å². The van der Waals surface area contributed by atoms with E-state index in [2.05, 4.69) is 24.2 Å². The molecule has 5 nitrogen and oxygen atoms in total. The van der Waals surface area contributed by atoms with Crippen LogP contribution in [0.2, 0.25) is 0 Å². The van der Waals surface area contributed by atoms with Gasteiger partial charge in [0.25, 0.3) is 0 Å². The second kappa shape index (κ2) is 5.55. The average molecular weight is 255 g/mol. The molecule has 2 saturated heterocycles. The van der Waals surface area contributed by atoms with E-state index in [1.165, 1.54) is 0 Å². The maximum absolute atomic E-state index is 12.3. The number of amides is 1. The second-order valence-corrected chi connectivity index (χ2v) is 5.88. The van der Waals surface area contributed by atoms with Crippen molar-refractivity contribution in [1.29, 1.82) is 0 Å². The fourth-order valence-electron chi connectivity index (χ4n) is 2.84. The number of likely N-dealkylation sites (tertiary alicyclic amines) is 1. The minimum atomic E-state index is -0.721. The summed E-state index contributed by atoms with van der Waals surface area (Å²) in [5.74, 6) is 0.489. The minimum absolute atomic E-state index is 0.00667. The highest BCUT2D eigenvalue weighted by molar-refractivity contribution is 5.86. The molecule has 0 bridgehead atoms. The Bertz CT molecular complexity index is 303. The highest BCUT2D eigenvalue weighted by Crippen LogP contribution is 2.20. The normalized spacial score (nSPS) is 33.1. The van der Waals surface area contributed by atoms with Gasteiger partial charge in [0.15, 0.2) is 0 Å². The summed E-state index contributed by atoms with van der Waals surface area (Å²) < 4.78 is 5.27. The Kier molecular flexibility index (Phi) is 4.25. The summed E-state index contributed by atoms with van der Waals surface area (Å²) in [5, 5.41) is 3.15. The number of carbonyl (C=O) groups is 1. The summed E-state index contributed by atoms with van der Waals surface area (Å²) in [5.41, 5.74) is 5.47. The lowest BCUT2D eigenvalue weighted by molar-refractivity contribution is -0.131. The van der Waals surface area contributed by atoms with Gasteiger partial charge in [0.1, 0.15) is 0 Å². The first-order chi connectivity index (χ1) is 8.51. The third kappa shape index (κ3) is 3.02. The maximum Gasteiger partial charge on any atom is 0.240 e. The summed E-state index contributed by atoms with van der Waals surface area (Å²) in [6.45, 7) is 5.44. The largest absolute Gasteiger partial charge is 0.381 e. The molecule has 18 heavy (non-hydrogen) atoms. The SMILES string of the molecule is CC1CN(C)CCC1NC(=O)C1(N)CCOCC1. The zero-order valence-corrected chi connectivity index (χ0v) is 11.4. The molecule has 2 heterocycles. The molecule has 2 aliphatic heterocycles. The predicted octanol–water partition coefficient (Wildman–Crippen LogP) is -0.0493. The number of carbonyl (C=O) groups excluding carboxylic acids is 1. The molecule has 2 atom stereocenters. The van der Waals surface area contributed by atoms with Crippen molar-refractivity contribution >= 4 is 5.91 Å². The van der Waals surface area contributed by atoms with Crippen LogP contribution >= 0.6 is 0 Å². The lowest BCUT2D eigenvalue weighted by Crippen LogP contribution is -2.60. The first-order valence-electron chi connectivity index (χ1n) is 6.87. The van der Waals surface area contributed by atoms with E-state index in [-0.39, 0.29) is 11.9 Å². The Morgan fingerprint density at radius 2 is 2.11 bits per heavy atom. The van der Waals surface area contributed by atoms with Crippen LogP contribution in [0.3, 0.4) is 0 Å². The van der Waals surface area contributed by atoms with Gasteiger partial charge >= 0.3 is 0 Å². The van der Waals surface area contributed by atoms with E-state index in [9.17, 15) is 4.79 Å². The molecule has 0 aromatic carbocycles. The molecule has 104 valence electrons. The molecule has 3 N–H and O–H groups in total. The molecule has 0 saturated carbocycles. The van der Waals surface area contributed by atoms with E-state index in [0.29, 0.717) is 32.0 Å². The quantitative estimate of drug-likeness (QED) is 0.726. The van der Waals surface area contributed by atoms with Gasteiger partial charge in [-0.25, -0.2) is 0 Å². The van der Waals surface area contributed by atoms with Gasteiger partial charge in [-0.05, 0) is 38.8 Å². The topological polar surface area (TPSA) is 67.6 Å². The van der Waals surface area contributed by atoms with Crippen LogP contribution in [-0.4, -0.2) is 55.7 Å². The van der Waals surface area contributed by atoms with Crippen LogP contribution in [0.5, 0.6) is 0 Å². The van der Waals surface area contributed by atoms with Crippen molar-refractivity contribution < 1.29 is 9.53 Å². The Balaban J connectivity index is 1.90. The van der Waals surface area contributed by atoms with Crippen LogP contribution in [0.1, 0.15) is 26.2 Å². The monoisotopic (exact) mass is 255 g/mol. The maximum atomic E-state index is 12.3. The van der Waals surface area contributed by atoms with Crippen molar-refractivity contribution in [3.05, 3.63) is 0 Å². The van der Waals surface area contributed by atoms with Gasteiger partial charge in [-0.2, -0.15) is 0 Å². The summed E-state index contributed by atoms with van der Waals surface area (Å²) in [6.07, 6.45) is 2.26. The predicted molar refractivity (Wildman–Crippen MR) is 70.2 cm³/mol. The number of nitrogens with one attached hydrogen (secondary N) is 1. The van der Waals surface area contributed by atoms with Gasteiger partial charge in [-0.15, -0.1) is 0 Å². The first-order valence-corrected chi connectivity index (χ1v) is 6.87. The van der Waals surface area contributed by atoms with Crippen LogP contribution in [0.15, 0.2) is 0 Å². The van der Waals surface area contributed by atoms with E-state index in [0.717, 1.165) is 19.5 Å². The van der Waals surface area contributed by atoms with Crippen molar-refractivity contribution in [1.82, 2.24) is 10.2 Å². The highest BCUT2D eigenvalue weighted by Gasteiger charge is 2.38. The summed E-state index contributed by atoms with van der Waals surface area (Å²) in [7, 11) is 2.12. The summed E-state index contributed by atoms with van der Waals surface area (Å²) >= 11 is 0. The number of rotatable bonds is 2. The number of ether oxygens (including phenoxy) is 1. The molecular formula is C13H25N3O2. The highest BCUT2D eigenvalue weighted by atomic mass is 16.5. The van der Waals surface area contributed by atoms with Crippen molar-refractivity contribution in [3.8, 4) is 0 Å². The molecule has 0 spiro atoms. The fraction of sp³-hybridized carbons (Fsp3) is 0.923. The number of piperidine rings is 1. The molecule has 0 aliphatic carbocycles. The third-order valence-electron chi connectivity index (χ3n) is 4.26. The van der Waals surface area contributed by atoms with Crippen LogP contribution in [-0.2, 0) is 9.53 Å². The zero-order valence-electron chi connectivity index (χ0n) is 11.4. The molecule has 2 aliphatic rings.